The van der Waals surface area contributed by atoms with Gasteiger partial charge in [-0.2, -0.15) is 0 Å². The van der Waals surface area contributed by atoms with E-state index in [0.717, 1.165) is 11.3 Å². The lowest BCUT2D eigenvalue weighted by molar-refractivity contribution is -0.126. The summed E-state index contributed by atoms with van der Waals surface area (Å²) in [5.74, 6) is 0.947. The second kappa shape index (κ2) is 11.9. The van der Waals surface area contributed by atoms with Gasteiger partial charge < -0.3 is 29.7 Å². The lowest BCUT2D eigenvalue weighted by atomic mass is 10.1. The van der Waals surface area contributed by atoms with E-state index in [4.69, 9.17) is 14.2 Å². The van der Waals surface area contributed by atoms with Gasteiger partial charge in [-0.25, -0.2) is 0 Å². The van der Waals surface area contributed by atoms with Crippen molar-refractivity contribution in [3.8, 4) is 17.2 Å². The van der Waals surface area contributed by atoms with Crippen LogP contribution in [0.1, 0.15) is 12.0 Å². The zero-order chi connectivity index (χ0) is 26.2. The molecule has 0 radical (unpaired) electrons. The summed E-state index contributed by atoms with van der Waals surface area (Å²) < 4.78 is 15.8. The van der Waals surface area contributed by atoms with Gasteiger partial charge in [-0.05, 0) is 66.2 Å². The van der Waals surface area contributed by atoms with Crippen molar-refractivity contribution < 1.29 is 28.6 Å². The maximum absolute atomic E-state index is 12.7. The minimum atomic E-state index is -0.427. The first-order valence-corrected chi connectivity index (χ1v) is 11.8. The molecule has 1 aliphatic heterocycles. The first-order valence-electron chi connectivity index (χ1n) is 11.8. The van der Waals surface area contributed by atoms with Crippen molar-refractivity contribution in [3.05, 3.63) is 78.4 Å². The summed E-state index contributed by atoms with van der Waals surface area (Å²) in [6, 6.07) is 21.3. The Kier molecular flexibility index (Phi) is 8.25. The molecule has 2 N–H and O–H groups in total. The van der Waals surface area contributed by atoms with Crippen molar-refractivity contribution in [3.63, 3.8) is 0 Å². The number of ether oxygens (including phenoxy) is 3. The molecular weight excluding hydrogens is 474 g/mol. The van der Waals surface area contributed by atoms with Gasteiger partial charge in [0.1, 0.15) is 17.2 Å². The highest BCUT2D eigenvalue weighted by atomic mass is 16.5. The van der Waals surface area contributed by atoms with E-state index in [9.17, 15) is 14.4 Å². The van der Waals surface area contributed by atoms with Crippen molar-refractivity contribution in [1.29, 1.82) is 0 Å². The number of rotatable bonds is 10. The van der Waals surface area contributed by atoms with Crippen LogP contribution in [0.3, 0.4) is 0 Å². The third-order valence-corrected chi connectivity index (χ3v) is 6.01. The van der Waals surface area contributed by atoms with Gasteiger partial charge in [0, 0.05) is 30.9 Å². The van der Waals surface area contributed by atoms with Crippen LogP contribution in [0.5, 0.6) is 17.2 Å². The number of nitrogens with zero attached hydrogens (tertiary/aromatic N) is 1. The lowest BCUT2D eigenvalue weighted by Gasteiger charge is -2.17. The molecule has 0 unspecified atom stereocenters. The van der Waals surface area contributed by atoms with Crippen LogP contribution in [0.2, 0.25) is 0 Å². The molecule has 1 aliphatic rings. The van der Waals surface area contributed by atoms with Gasteiger partial charge in [0.2, 0.25) is 11.8 Å². The monoisotopic (exact) mass is 503 g/mol. The van der Waals surface area contributed by atoms with Crippen molar-refractivity contribution in [2.45, 2.75) is 13.0 Å². The largest absolute Gasteiger partial charge is 0.497 e. The Morgan fingerprint density at radius 2 is 1.46 bits per heavy atom. The van der Waals surface area contributed by atoms with Crippen LogP contribution in [-0.4, -0.2) is 45.1 Å². The first kappa shape index (κ1) is 25.6. The smallest absolute Gasteiger partial charge is 0.262 e. The molecule has 3 aromatic rings. The van der Waals surface area contributed by atoms with Gasteiger partial charge in [-0.1, -0.05) is 12.1 Å². The Bertz CT molecular complexity index is 1230. The van der Waals surface area contributed by atoms with Gasteiger partial charge in [-0.3, -0.25) is 14.4 Å². The van der Waals surface area contributed by atoms with Crippen molar-refractivity contribution in [1.82, 2.24) is 5.32 Å². The van der Waals surface area contributed by atoms with Crippen LogP contribution in [0.15, 0.2) is 72.8 Å². The molecule has 0 saturated carbocycles. The maximum Gasteiger partial charge on any atom is 0.262 e. The van der Waals surface area contributed by atoms with E-state index in [1.165, 1.54) is 0 Å². The summed E-state index contributed by atoms with van der Waals surface area (Å²) in [6.45, 7) is 0.522. The molecule has 1 atom stereocenters. The summed E-state index contributed by atoms with van der Waals surface area (Å²) in [6.07, 6.45) is 0.151. The molecule has 4 rings (SSSR count). The fraction of sp³-hybridized carbons (Fsp3) is 0.250. The molecule has 3 aromatic carbocycles. The topological polar surface area (TPSA) is 106 Å². The zero-order valence-corrected chi connectivity index (χ0v) is 20.7. The molecule has 1 heterocycles. The van der Waals surface area contributed by atoms with Gasteiger partial charge in [0.25, 0.3) is 5.91 Å². The Morgan fingerprint density at radius 3 is 2.08 bits per heavy atom. The number of hydrogen-bond donors (Lipinski definition) is 2. The van der Waals surface area contributed by atoms with E-state index >= 15 is 0 Å². The first-order chi connectivity index (χ1) is 17.9. The summed E-state index contributed by atoms with van der Waals surface area (Å²) in [5.41, 5.74) is 2.26. The van der Waals surface area contributed by atoms with Gasteiger partial charge in [-0.15, -0.1) is 0 Å². The van der Waals surface area contributed by atoms with Crippen LogP contribution in [0.25, 0.3) is 0 Å². The van der Waals surface area contributed by atoms with E-state index < -0.39 is 5.92 Å². The van der Waals surface area contributed by atoms with Crippen molar-refractivity contribution >= 4 is 29.1 Å². The van der Waals surface area contributed by atoms with Gasteiger partial charge in [0.05, 0.1) is 20.1 Å². The molecule has 37 heavy (non-hydrogen) atoms. The zero-order valence-electron chi connectivity index (χ0n) is 20.7. The second-order valence-corrected chi connectivity index (χ2v) is 8.53. The summed E-state index contributed by atoms with van der Waals surface area (Å²) in [5, 5.41) is 5.66. The van der Waals surface area contributed by atoms with Crippen LogP contribution >= 0.6 is 0 Å². The molecule has 0 aromatic heterocycles. The highest BCUT2D eigenvalue weighted by molar-refractivity contribution is 6.00. The van der Waals surface area contributed by atoms with Crippen LogP contribution in [0.4, 0.5) is 11.4 Å². The van der Waals surface area contributed by atoms with E-state index in [2.05, 4.69) is 10.6 Å². The molecule has 9 nitrogen and oxygen atoms in total. The fourth-order valence-corrected chi connectivity index (χ4v) is 3.95. The average Bonchev–Trinajstić information content (AvgIpc) is 3.33. The highest BCUT2D eigenvalue weighted by Gasteiger charge is 2.35. The van der Waals surface area contributed by atoms with Gasteiger partial charge >= 0.3 is 0 Å². The Hall–Kier alpha value is -4.53. The maximum atomic E-state index is 12.7. The molecule has 3 amide bonds. The van der Waals surface area contributed by atoms with Crippen LogP contribution in [0, 0.1) is 5.92 Å². The predicted molar refractivity (Wildman–Crippen MR) is 139 cm³/mol. The Balaban J connectivity index is 1.25. The number of hydrogen-bond acceptors (Lipinski definition) is 6. The SMILES string of the molecule is COc1ccc(CNC(=O)[C@@H]2CC(=O)N(c3ccc(OCC(=O)Nc4ccc(OC)cc4)cc3)C2)cc1. The standard InChI is InChI=1S/C28H29N3O6/c1-35-23-9-3-19(4-10-23)16-29-28(34)20-15-27(33)31(17-20)22-7-13-25(14-8-22)37-18-26(32)30-21-5-11-24(36-2)12-6-21/h3-14,20H,15-18H2,1-2H3,(H,29,34)(H,30,32)/t20-/m1/s1. The molecule has 9 heteroatoms. The summed E-state index contributed by atoms with van der Waals surface area (Å²) in [4.78, 5) is 39.0. The molecule has 192 valence electrons. The summed E-state index contributed by atoms with van der Waals surface area (Å²) in [7, 11) is 3.18. The van der Waals surface area contributed by atoms with E-state index in [-0.39, 0.29) is 30.7 Å². The minimum absolute atomic E-state index is 0.114. The number of anilines is 2. The van der Waals surface area contributed by atoms with Crippen molar-refractivity contribution in [2.75, 3.05) is 37.6 Å². The third-order valence-electron chi connectivity index (χ3n) is 6.01. The number of carbonyl (C=O) groups excluding carboxylic acids is 3. The molecule has 0 aliphatic carbocycles. The third kappa shape index (κ3) is 6.78. The Morgan fingerprint density at radius 1 is 0.865 bits per heavy atom. The Labute approximate surface area is 215 Å². The molecule has 1 saturated heterocycles. The molecule has 0 bridgehead atoms. The number of amides is 3. The quantitative estimate of drug-likeness (QED) is 0.439. The number of methoxy groups -OCH3 is 2. The molecular formula is C28H29N3O6. The molecule has 1 fully saturated rings. The van der Waals surface area contributed by atoms with Crippen LogP contribution in [-0.2, 0) is 20.9 Å². The lowest BCUT2D eigenvalue weighted by Crippen LogP contribution is -2.32. The highest BCUT2D eigenvalue weighted by Crippen LogP contribution is 2.27. The second-order valence-electron chi connectivity index (χ2n) is 8.53. The van der Waals surface area contributed by atoms with E-state index in [0.29, 0.717) is 36.0 Å². The van der Waals surface area contributed by atoms with Crippen molar-refractivity contribution in [2.24, 2.45) is 5.92 Å². The minimum Gasteiger partial charge on any atom is -0.497 e. The normalized spacial score (nSPS) is 14.7. The molecule has 0 spiro atoms. The number of benzene rings is 3. The summed E-state index contributed by atoms with van der Waals surface area (Å²) >= 11 is 0. The number of carbonyl (C=O) groups is 3. The van der Waals surface area contributed by atoms with Gasteiger partial charge in [0.15, 0.2) is 6.61 Å². The predicted octanol–water partition coefficient (Wildman–Crippen LogP) is 3.39. The van der Waals surface area contributed by atoms with E-state index in [1.807, 2.05) is 24.3 Å². The van der Waals surface area contributed by atoms with Crippen LogP contribution < -0.4 is 29.7 Å². The fourth-order valence-electron chi connectivity index (χ4n) is 3.95. The number of nitrogens with one attached hydrogen (secondary N) is 2. The van der Waals surface area contributed by atoms with E-state index in [1.54, 1.807) is 67.7 Å². The average molecular weight is 504 g/mol.